The summed E-state index contributed by atoms with van der Waals surface area (Å²) in [5.74, 6) is 0.800. The molecule has 2 saturated heterocycles. The number of amides is 1. The number of fused-ring (bicyclic) bond motifs is 1. The smallest absolute Gasteiger partial charge is 0.243 e. The number of halogens is 1. The summed E-state index contributed by atoms with van der Waals surface area (Å²) >= 11 is 0. The fourth-order valence-corrected chi connectivity index (χ4v) is 3.66. The van der Waals surface area contributed by atoms with Crippen molar-refractivity contribution < 1.29 is 9.53 Å². The van der Waals surface area contributed by atoms with Gasteiger partial charge in [0.2, 0.25) is 5.91 Å². The molecular formula is C20H32IN5O2. The molecule has 156 valence electrons. The van der Waals surface area contributed by atoms with Gasteiger partial charge in [0, 0.05) is 46.8 Å². The molecule has 0 aromatic heterocycles. The van der Waals surface area contributed by atoms with E-state index in [0.29, 0.717) is 6.04 Å². The van der Waals surface area contributed by atoms with E-state index in [1.54, 1.807) is 19.0 Å². The molecule has 2 unspecified atom stereocenters. The minimum absolute atomic E-state index is 0. The summed E-state index contributed by atoms with van der Waals surface area (Å²) in [4.78, 5) is 22.8. The second kappa shape index (κ2) is 11.0. The van der Waals surface area contributed by atoms with E-state index in [0.717, 1.165) is 45.3 Å². The number of ether oxygens (including phenoxy) is 1. The Balaban J connectivity index is 0.00000280. The lowest BCUT2D eigenvalue weighted by atomic mass is 10.1. The molecule has 0 bridgehead atoms. The number of rotatable bonds is 5. The van der Waals surface area contributed by atoms with E-state index in [1.807, 2.05) is 6.92 Å². The number of benzene rings is 1. The Morgan fingerprint density at radius 2 is 2.04 bits per heavy atom. The zero-order chi connectivity index (χ0) is 19.2. The lowest BCUT2D eigenvalue weighted by Gasteiger charge is -2.36. The molecule has 2 atom stereocenters. The number of guanidine groups is 1. The van der Waals surface area contributed by atoms with Crippen molar-refractivity contribution in [1.82, 2.24) is 20.0 Å². The lowest BCUT2D eigenvalue weighted by molar-refractivity contribution is -0.127. The van der Waals surface area contributed by atoms with Gasteiger partial charge in [-0.2, -0.15) is 0 Å². The molecule has 0 saturated carbocycles. The van der Waals surface area contributed by atoms with Gasteiger partial charge in [-0.3, -0.25) is 9.69 Å². The first-order valence-corrected chi connectivity index (χ1v) is 9.71. The van der Waals surface area contributed by atoms with E-state index in [-0.39, 0.29) is 42.5 Å². The van der Waals surface area contributed by atoms with Crippen LogP contribution in [-0.2, 0) is 16.1 Å². The number of likely N-dealkylation sites (tertiary alicyclic amines) is 1. The first-order chi connectivity index (χ1) is 13.1. The maximum atomic E-state index is 11.9. The zero-order valence-electron chi connectivity index (χ0n) is 17.0. The van der Waals surface area contributed by atoms with Crippen molar-refractivity contribution in [2.24, 2.45) is 4.99 Å². The number of carbonyl (C=O) groups excluding carboxylic acids is 1. The van der Waals surface area contributed by atoms with Gasteiger partial charge in [0.25, 0.3) is 0 Å². The minimum Gasteiger partial charge on any atom is -0.373 e. The fourth-order valence-electron chi connectivity index (χ4n) is 3.66. The molecule has 0 spiro atoms. The topological polar surface area (TPSA) is 60.4 Å². The van der Waals surface area contributed by atoms with Crippen LogP contribution in [0.2, 0.25) is 0 Å². The summed E-state index contributed by atoms with van der Waals surface area (Å²) in [6.07, 6.45) is 0.177. The molecule has 2 heterocycles. The van der Waals surface area contributed by atoms with Crippen LogP contribution in [-0.4, -0.2) is 92.1 Å². The third-order valence-electron chi connectivity index (χ3n) is 5.14. The summed E-state index contributed by atoms with van der Waals surface area (Å²) in [5, 5.41) is 3.32. The van der Waals surface area contributed by atoms with Crippen molar-refractivity contribution in [2.75, 3.05) is 53.4 Å². The SMILES string of the molecule is CCNC(=NCC(=O)N(C)C)N1CC2OCCN(Cc3ccccc3)C2C1.I. The molecule has 2 aliphatic rings. The Hall–Kier alpha value is -1.39. The monoisotopic (exact) mass is 501 g/mol. The van der Waals surface area contributed by atoms with E-state index in [2.05, 4.69) is 50.4 Å². The molecule has 0 aliphatic carbocycles. The van der Waals surface area contributed by atoms with Crippen LogP contribution in [0.1, 0.15) is 12.5 Å². The van der Waals surface area contributed by atoms with E-state index in [9.17, 15) is 4.79 Å². The van der Waals surface area contributed by atoms with Crippen molar-refractivity contribution in [2.45, 2.75) is 25.6 Å². The maximum Gasteiger partial charge on any atom is 0.243 e. The number of carbonyl (C=O) groups is 1. The maximum absolute atomic E-state index is 11.9. The van der Waals surface area contributed by atoms with E-state index in [1.165, 1.54) is 5.56 Å². The molecule has 0 radical (unpaired) electrons. The van der Waals surface area contributed by atoms with Gasteiger partial charge in [-0.15, -0.1) is 24.0 Å². The Morgan fingerprint density at radius 3 is 2.71 bits per heavy atom. The summed E-state index contributed by atoms with van der Waals surface area (Å²) < 4.78 is 6.05. The highest BCUT2D eigenvalue weighted by molar-refractivity contribution is 14.0. The normalized spacial score (nSPS) is 22.4. The molecule has 2 fully saturated rings. The van der Waals surface area contributed by atoms with Gasteiger partial charge in [0.15, 0.2) is 5.96 Å². The van der Waals surface area contributed by atoms with E-state index >= 15 is 0 Å². The van der Waals surface area contributed by atoms with Gasteiger partial charge in [0.1, 0.15) is 6.54 Å². The summed E-state index contributed by atoms with van der Waals surface area (Å²) in [6, 6.07) is 10.9. The Labute approximate surface area is 185 Å². The zero-order valence-corrected chi connectivity index (χ0v) is 19.3. The van der Waals surface area contributed by atoms with Crippen LogP contribution >= 0.6 is 24.0 Å². The van der Waals surface area contributed by atoms with Gasteiger partial charge < -0.3 is 19.9 Å². The third kappa shape index (κ3) is 5.81. The lowest BCUT2D eigenvalue weighted by Crippen LogP contribution is -2.50. The van der Waals surface area contributed by atoms with E-state index < -0.39 is 0 Å². The number of likely N-dealkylation sites (N-methyl/N-ethyl adjacent to an activating group) is 1. The molecule has 1 aromatic carbocycles. The van der Waals surface area contributed by atoms with Gasteiger partial charge in [-0.1, -0.05) is 30.3 Å². The predicted molar refractivity (Wildman–Crippen MR) is 122 cm³/mol. The molecule has 7 nitrogen and oxygen atoms in total. The average molecular weight is 501 g/mol. The van der Waals surface area contributed by atoms with Gasteiger partial charge >= 0.3 is 0 Å². The number of aliphatic imine (C=N–C) groups is 1. The Bertz CT molecular complexity index is 655. The van der Waals surface area contributed by atoms with Crippen LogP contribution in [0, 0.1) is 0 Å². The highest BCUT2D eigenvalue weighted by Crippen LogP contribution is 2.24. The van der Waals surface area contributed by atoms with Crippen molar-refractivity contribution in [3.8, 4) is 0 Å². The molecule has 8 heteroatoms. The molecule has 1 N–H and O–H groups in total. The van der Waals surface area contributed by atoms with Crippen LogP contribution in [0.4, 0.5) is 0 Å². The van der Waals surface area contributed by atoms with Crippen molar-refractivity contribution in [1.29, 1.82) is 0 Å². The molecule has 3 rings (SSSR count). The van der Waals surface area contributed by atoms with Crippen LogP contribution < -0.4 is 5.32 Å². The highest BCUT2D eigenvalue weighted by atomic mass is 127. The van der Waals surface area contributed by atoms with Crippen LogP contribution in [0.5, 0.6) is 0 Å². The third-order valence-corrected chi connectivity index (χ3v) is 5.14. The standard InChI is InChI=1S/C20H31N5O2.HI/c1-4-21-20(22-12-19(26)23(2)3)25-14-17-18(15-25)27-11-10-24(17)13-16-8-6-5-7-9-16;/h5-9,17-18H,4,10-15H2,1-3H3,(H,21,22);1H. The minimum atomic E-state index is 0. The van der Waals surface area contributed by atoms with Crippen LogP contribution in [0.15, 0.2) is 35.3 Å². The quantitative estimate of drug-likeness (QED) is 0.374. The predicted octanol–water partition coefficient (Wildman–Crippen LogP) is 1.24. The summed E-state index contributed by atoms with van der Waals surface area (Å²) in [6.45, 7) is 7.28. The first-order valence-electron chi connectivity index (χ1n) is 9.71. The molecule has 1 amide bonds. The number of nitrogens with one attached hydrogen (secondary N) is 1. The summed E-state index contributed by atoms with van der Waals surface area (Å²) in [5.41, 5.74) is 1.33. The van der Waals surface area contributed by atoms with Crippen molar-refractivity contribution >= 4 is 35.8 Å². The first kappa shape index (κ1) is 22.9. The van der Waals surface area contributed by atoms with Crippen LogP contribution in [0.25, 0.3) is 0 Å². The van der Waals surface area contributed by atoms with Crippen LogP contribution in [0.3, 0.4) is 0 Å². The molecule has 1 aromatic rings. The number of nitrogens with zero attached hydrogens (tertiary/aromatic N) is 4. The average Bonchev–Trinajstić information content (AvgIpc) is 3.11. The van der Waals surface area contributed by atoms with Gasteiger partial charge in [-0.05, 0) is 12.5 Å². The summed E-state index contributed by atoms with van der Waals surface area (Å²) in [7, 11) is 3.51. The molecule has 2 aliphatic heterocycles. The van der Waals surface area contributed by atoms with Crippen molar-refractivity contribution in [3.05, 3.63) is 35.9 Å². The number of morpholine rings is 1. The van der Waals surface area contributed by atoms with Gasteiger partial charge in [-0.25, -0.2) is 4.99 Å². The fraction of sp³-hybridized carbons (Fsp3) is 0.600. The Morgan fingerprint density at radius 1 is 1.29 bits per heavy atom. The molecular weight excluding hydrogens is 469 g/mol. The second-order valence-corrected chi connectivity index (χ2v) is 7.30. The number of hydrogen-bond acceptors (Lipinski definition) is 4. The Kier molecular flexibility index (Phi) is 8.97. The molecule has 28 heavy (non-hydrogen) atoms. The number of hydrogen-bond donors (Lipinski definition) is 1. The van der Waals surface area contributed by atoms with E-state index in [4.69, 9.17) is 4.74 Å². The second-order valence-electron chi connectivity index (χ2n) is 7.30. The largest absolute Gasteiger partial charge is 0.373 e. The van der Waals surface area contributed by atoms with Gasteiger partial charge in [0.05, 0.1) is 18.8 Å². The van der Waals surface area contributed by atoms with Crippen molar-refractivity contribution in [3.63, 3.8) is 0 Å². The highest BCUT2D eigenvalue weighted by Gasteiger charge is 2.41.